The van der Waals surface area contributed by atoms with Crippen LogP contribution in [0.1, 0.15) is 36.3 Å². The van der Waals surface area contributed by atoms with Crippen LogP contribution >= 0.6 is 15.9 Å². The van der Waals surface area contributed by atoms with Crippen molar-refractivity contribution in [2.24, 2.45) is 0 Å². The molecule has 1 fully saturated rings. The molecule has 0 bridgehead atoms. The van der Waals surface area contributed by atoms with Crippen LogP contribution in [0.25, 0.3) is 0 Å². The van der Waals surface area contributed by atoms with Crippen molar-refractivity contribution < 1.29 is 0 Å². The fourth-order valence-corrected chi connectivity index (χ4v) is 3.50. The summed E-state index contributed by atoms with van der Waals surface area (Å²) in [5, 5.41) is 3.66. The molecule has 1 aliphatic carbocycles. The van der Waals surface area contributed by atoms with E-state index in [0.29, 0.717) is 0 Å². The van der Waals surface area contributed by atoms with E-state index in [-0.39, 0.29) is 0 Å². The van der Waals surface area contributed by atoms with Crippen molar-refractivity contribution in [1.82, 2.24) is 5.32 Å². The van der Waals surface area contributed by atoms with Crippen LogP contribution in [0.2, 0.25) is 0 Å². The van der Waals surface area contributed by atoms with Gasteiger partial charge in [0.05, 0.1) is 0 Å². The maximum absolute atomic E-state index is 3.66. The van der Waals surface area contributed by atoms with Gasteiger partial charge in [0.2, 0.25) is 0 Å². The lowest BCUT2D eigenvalue weighted by atomic mass is 9.75. The van der Waals surface area contributed by atoms with Gasteiger partial charge in [0.1, 0.15) is 0 Å². The van der Waals surface area contributed by atoms with Gasteiger partial charge in [-0.2, -0.15) is 0 Å². The Hall–Kier alpha value is -0.340. The minimum absolute atomic E-state index is 0.743. The van der Waals surface area contributed by atoms with Crippen LogP contribution in [0.4, 0.5) is 0 Å². The van der Waals surface area contributed by atoms with Crippen LogP contribution in [0.5, 0.6) is 0 Å². The molecule has 0 amide bonds. The Bertz CT molecular complexity index is 375. The van der Waals surface area contributed by atoms with Gasteiger partial charge < -0.3 is 5.32 Å². The molecule has 80 valence electrons. The van der Waals surface area contributed by atoms with E-state index in [9.17, 15) is 0 Å². The molecule has 2 aliphatic rings. The molecular weight excluding hydrogens is 250 g/mol. The number of benzene rings is 1. The Morgan fingerprint density at radius 3 is 3.13 bits per heavy atom. The highest BCUT2D eigenvalue weighted by atomic mass is 79.9. The Labute approximate surface area is 99.4 Å². The Morgan fingerprint density at radius 2 is 2.20 bits per heavy atom. The van der Waals surface area contributed by atoms with Crippen LogP contribution in [-0.2, 0) is 6.42 Å². The Kier molecular flexibility index (Phi) is 2.57. The molecule has 15 heavy (non-hydrogen) atoms. The summed E-state index contributed by atoms with van der Waals surface area (Å²) >= 11 is 3.56. The van der Waals surface area contributed by atoms with Crippen LogP contribution in [0.3, 0.4) is 0 Å². The minimum atomic E-state index is 0.743. The Balaban J connectivity index is 1.99. The summed E-state index contributed by atoms with van der Waals surface area (Å²) in [5.41, 5.74) is 3.16. The van der Waals surface area contributed by atoms with E-state index in [0.717, 1.165) is 12.0 Å². The standard InChI is InChI=1S/C13H16BrN/c14-10-4-5-11-9(8-10)3-6-13-12(11)2-1-7-15-13/h4-5,8,12-13,15H,1-3,6-7H2. The summed E-state index contributed by atoms with van der Waals surface area (Å²) in [6.45, 7) is 1.22. The maximum atomic E-state index is 3.66. The van der Waals surface area contributed by atoms with Crippen molar-refractivity contribution in [1.29, 1.82) is 0 Å². The van der Waals surface area contributed by atoms with Gasteiger partial charge in [-0.3, -0.25) is 0 Å². The molecule has 2 unspecified atom stereocenters. The smallest absolute Gasteiger partial charge is 0.0178 e. The van der Waals surface area contributed by atoms with E-state index in [4.69, 9.17) is 0 Å². The van der Waals surface area contributed by atoms with Crippen LogP contribution in [-0.4, -0.2) is 12.6 Å². The molecule has 0 radical (unpaired) electrons. The highest BCUT2D eigenvalue weighted by Crippen LogP contribution is 2.37. The molecule has 2 atom stereocenters. The quantitative estimate of drug-likeness (QED) is 0.760. The average Bonchev–Trinajstić information content (AvgIpc) is 2.28. The Morgan fingerprint density at radius 1 is 1.27 bits per heavy atom. The molecule has 1 nitrogen and oxygen atoms in total. The molecule has 1 N–H and O–H groups in total. The molecule has 0 spiro atoms. The third-order valence-electron chi connectivity index (χ3n) is 3.81. The van der Waals surface area contributed by atoms with Crippen LogP contribution in [0, 0.1) is 0 Å². The molecule has 1 saturated heterocycles. The van der Waals surface area contributed by atoms with E-state index in [1.807, 2.05) is 0 Å². The zero-order valence-corrected chi connectivity index (χ0v) is 10.4. The summed E-state index contributed by atoms with van der Waals surface area (Å²) < 4.78 is 1.23. The first-order chi connectivity index (χ1) is 7.34. The van der Waals surface area contributed by atoms with Gasteiger partial charge in [-0.1, -0.05) is 22.0 Å². The fourth-order valence-electron chi connectivity index (χ4n) is 3.09. The first-order valence-corrected chi connectivity index (χ1v) is 6.65. The van der Waals surface area contributed by atoms with Crippen molar-refractivity contribution in [3.05, 3.63) is 33.8 Å². The summed E-state index contributed by atoms with van der Waals surface area (Å²) in [6, 6.07) is 7.56. The van der Waals surface area contributed by atoms with Crippen LogP contribution < -0.4 is 5.32 Å². The number of hydrogen-bond donors (Lipinski definition) is 1. The van der Waals surface area contributed by atoms with Crippen molar-refractivity contribution in [2.75, 3.05) is 6.54 Å². The summed E-state index contributed by atoms with van der Waals surface area (Å²) in [4.78, 5) is 0. The highest BCUT2D eigenvalue weighted by molar-refractivity contribution is 9.10. The summed E-state index contributed by atoms with van der Waals surface area (Å²) in [6.07, 6.45) is 5.25. The van der Waals surface area contributed by atoms with Gasteiger partial charge in [-0.25, -0.2) is 0 Å². The monoisotopic (exact) mass is 265 g/mol. The lowest BCUT2D eigenvalue weighted by Crippen LogP contribution is -2.42. The van der Waals surface area contributed by atoms with Crippen molar-refractivity contribution in [2.45, 2.75) is 37.6 Å². The predicted octanol–water partition coefficient (Wildman–Crippen LogP) is 3.23. The summed E-state index contributed by atoms with van der Waals surface area (Å²) in [7, 11) is 0. The normalized spacial score (nSPS) is 29.4. The van der Waals surface area contributed by atoms with Gasteiger partial charge in [0, 0.05) is 10.5 Å². The number of aryl methyl sites for hydroxylation is 1. The molecule has 2 heteroatoms. The van der Waals surface area contributed by atoms with Gasteiger partial charge in [0.15, 0.2) is 0 Å². The van der Waals surface area contributed by atoms with E-state index < -0.39 is 0 Å². The minimum Gasteiger partial charge on any atom is -0.313 e. The van der Waals surface area contributed by atoms with Gasteiger partial charge >= 0.3 is 0 Å². The fraction of sp³-hybridized carbons (Fsp3) is 0.538. The molecule has 3 rings (SSSR count). The van der Waals surface area contributed by atoms with Gasteiger partial charge in [-0.05, 0) is 61.4 Å². The van der Waals surface area contributed by atoms with Gasteiger partial charge in [-0.15, -0.1) is 0 Å². The summed E-state index contributed by atoms with van der Waals surface area (Å²) in [5.74, 6) is 0.774. The van der Waals surface area contributed by atoms with Crippen molar-refractivity contribution in [3.8, 4) is 0 Å². The molecule has 0 aromatic heterocycles. The van der Waals surface area contributed by atoms with E-state index in [1.165, 1.54) is 36.7 Å². The maximum Gasteiger partial charge on any atom is 0.0178 e. The second kappa shape index (κ2) is 3.91. The number of piperidine rings is 1. The molecule has 1 heterocycles. The second-order valence-electron chi connectivity index (χ2n) is 4.69. The lowest BCUT2D eigenvalue weighted by molar-refractivity contribution is 0.319. The van der Waals surface area contributed by atoms with E-state index >= 15 is 0 Å². The zero-order valence-electron chi connectivity index (χ0n) is 8.80. The van der Waals surface area contributed by atoms with E-state index in [2.05, 4.69) is 39.4 Å². The third-order valence-corrected chi connectivity index (χ3v) is 4.31. The average molecular weight is 266 g/mol. The zero-order chi connectivity index (χ0) is 10.3. The van der Waals surface area contributed by atoms with Crippen LogP contribution in [0.15, 0.2) is 22.7 Å². The van der Waals surface area contributed by atoms with Gasteiger partial charge in [0.25, 0.3) is 0 Å². The lowest BCUT2D eigenvalue weighted by Gasteiger charge is -2.38. The first-order valence-electron chi connectivity index (χ1n) is 5.86. The number of halogens is 1. The molecule has 0 saturated carbocycles. The SMILES string of the molecule is Brc1ccc2c(c1)CCC1NCCCC21. The highest BCUT2D eigenvalue weighted by Gasteiger charge is 2.30. The number of hydrogen-bond acceptors (Lipinski definition) is 1. The number of rotatable bonds is 0. The number of fused-ring (bicyclic) bond motifs is 3. The molecular formula is C13H16BrN. The topological polar surface area (TPSA) is 12.0 Å². The van der Waals surface area contributed by atoms with Crippen molar-refractivity contribution in [3.63, 3.8) is 0 Å². The third kappa shape index (κ3) is 1.74. The predicted molar refractivity (Wildman–Crippen MR) is 66.2 cm³/mol. The van der Waals surface area contributed by atoms with E-state index in [1.54, 1.807) is 11.1 Å². The second-order valence-corrected chi connectivity index (χ2v) is 5.61. The molecule has 1 aromatic carbocycles. The largest absolute Gasteiger partial charge is 0.313 e. The molecule has 1 aliphatic heterocycles. The number of nitrogens with one attached hydrogen (secondary N) is 1. The first kappa shape index (κ1) is 9.86. The van der Waals surface area contributed by atoms with Crippen molar-refractivity contribution >= 4 is 15.9 Å². The molecule has 1 aromatic rings.